The Morgan fingerprint density at radius 3 is 2.56 bits per heavy atom. The number of hydrogen-bond acceptors (Lipinski definition) is 5. The molecule has 5 rings (SSSR count). The van der Waals surface area contributed by atoms with Gasteiger partial charge in [0.15, 0.2) is 10.9 Å². The van der Waals surface area contributed by atoms with Crippen molar-refractivity contribution < 1.29 is 9.59 Å². The predicted octanol–water partition coefficient (Wildman–Crippen LogP) is 5.90. The average molecular weight is 564 g/mol. The first-order chi connectivity index (χ1) is 18.8. The number of benzene rings is 2. The largest absolute Gasteiger partial charge is 0.326 e. The molecule has 1 amide bonds. The molecule has 2 atom stereocenters. The van der Waals surface area contributed by atoms with Gasteiger partial charge in [0.1, 0.15) is 0 Å². The van der Waals surface area contributed by atoms with E-state index in [4.69, 9.17) is 23.2 Å². The normalized spacial score (nSPS) is 18.5. The number of hydrogen-bond donors (Lipinski definition) is 1. The molecule has 200 valence electrons. The van der Waals surface area contributed by atoms with Gasteiger partial charge in [-0.05, 0) is 60.7 Å². The Morgan fingerprint density at radius 1 is 0.974 bits per heavy atom. The van der Waals surface area contributed by atoms with Gasteiger partial charge in [0.25, 0.3) is 5.56 Å². The molecule has 0 aliphatic carbocycles. The van der Waals surface area contributed by atoms with Crippen LogP contribution in [0.4, 0.5) is 5.69 Å². The highest BCUT2D eigenvalue weighted by Gasteiger charge is 2.24. The summed E-state index contributed by atoms with van der Waals surface area (Å²) in [6.07, 6.45) is 5.67. The van der Waals surface area contributed by atoms with Crippen molar-refractivity contribution in [3.8, 4) is 16.8 Å². The van der Waals surface area contributed by atoms with E-state index in [9.17, 15) is 14.4 Å². The number of carbonyl (C=O) groups is 2. The predicted molar refractivity (Wildman–Crippen MR) is 152 cm³/mol. The van der Waals surface area contributed by atoms with Crippen LogP contribution in [0.2, 0.25) is 10.2 Å². The van der Waals surface area contributed by atoms with Crippen LogP contribution in [0.3, 0.4) is 0 Å². The van der Waals surface area contributed by atoms with Gasteiger partial charge in [0.05, 0.1) is 17.9 Å². The van der Waals surface area contributed by atoms with Crippen LogP contribution in [0.5, 0.6) is 0 Å². The molecule has 0 saturated carbocycles. The molecule has 1 aliphatic heterocycles. The summed E-state index contributed by atoms with van der Waals surface area (Å²) in [4.78, 5) is 39.7. The molecule has 2 aromatic heterocycles. The summed E-state index contributed by atoms with van der Waals surface area (Å²) in [6, 6.07) is 15.4. The number of aryl methyl sites for hydroxylation is 1. The smallest absolute Gasteiger partial charge is 0.251 e. The lowest BCUT2D eigenvalue weighted by atomic mass is 9.94. The zero-order chi connectivity index (χ0) is 27.5. The van der Waals surface area contributed by atoms with Crippen molar-refractivity contribution in [3.63, 3.8) is 0 Å². The topological polar surface area (TPSA) is 98.9 Å². The van der Waals surface area contributed by atoms with E-state index in [1.807, 2.05) is 31.2 Å². The highest BCUT2D eigenvalue weighted by Crippen LogP contribution is 2.30. The molecule has 8 nitrogen and oxygen atoms in total. The SMILES string of the molecule is C[C@@H]1CCC[C@H](n2ccc(-c3cc(Cl)ccc3-n3cc(Cl)nn3)cc2=O)C(=O)CCc2ccccc2NC1=O. The van der Waals surface area contributed by atoms with Gasteiger partial charge in [-0.3, -0.25) is 14.4 Å². The molecule has 0 fully saturated rings. The molecule has 10 heteroatoms. The van der Waals surface area contributed by atoms with Gasteiger partial charge in [-0.1, -0.05) is 60.0 Å². The van der Waals surface area contributed by atoms with Crippen molar-refractivity contribution in [2.45, 2.75) is 45.1 Å². The second kappa shape index (κ2) is 11.6. The number of fused-ring (bicyclic) bond motifs is 1. The Bertz CT molecular complexity index is 1600. The summed E-state index contributed by atoms with van der Waals surface area (Å²) < 4.78 is 3.02. The minimum atomic E-state index is -0.624. The van der Waals surface area contributed by atoms with Crippen molar-refractivity contribution in [3.05, 3.63) is 93.1 Å². The molecule has 0 unspecified atom stereocenters. The Hall–Kier alpha value is -3.75. The van der Waals surface area contributed by atoms with E-state index < -0.39 is 6.04 Å². The van der Waals surface area contributed by atoms with Crippen LogP contribution in [0.25, 0.3) is 16.8 Å². The molecule has 1 N–H and O–H groups in total. The second-order valence-electron chi connectivity index (χ2n) is 9.77. The van der Waals surface area contributed by atoms with E-state index >= 15 is 0 Å². The van der Waals surface area contributed by atoms with Crippen LogP contribution >= 0.6 is 23.2 Å². The Labute approximate surface area is 235 Å². The van der Waals surface area contributed by atoms with Gasteiger partial charge in [-0.15, -0.1) is 5.10 Å². The third-order valence-corrected chi connectivity index (χ3v) is 7.52. The first kappa shape index (κ1) is 26.8. The molecular weight excluding hydrogens is 537 g/mol. The molecule has 0 bridgehead atoms. The number of rotatable bonds is 3. The van der Waals surface area contributed by atoms with Gasteiger partial charge < -0.3 is 9.88 Å². The average Bonchev–Trinajstić information content (AvgIpc) is 3.36. The standard InChI is InChI=1S/C29H27Cl2N5O3/c1-18-5-4-8-25(26(37)12-9-19-6-2-3-7-23(19)32-29(18)39)35-14-13-20(15-28(35)38)22-16-21(30)10-11-24(22)36-17-27(31)33-34-36/h2-3,6-7,10-11,13-18,25H,4-5,8-9,12H2,1H3,(H,32,39)/t18-,25+/m1/s1. The third-order valence-electron chi connectivity index (χ3n) is 7.12. The minimum Gasteiger partial charge on any atom is -0.326 e. The van der Waals surface area contributed by atoms with Crippen molar-refractivity contribution in [1.29, 1.82) is 0 Å². The summed E-state index contributed by atoms with van der Waals surface area (Å²) in [6.45, 7) is 1.88. The lowest BCUT2D eigenvalue weighted by Crippen LogP contribution is -2.30. The van der Waals surface area contributed by atoms with Gasteiger partial charge in [-0.25, -0.2) is 4.68 Å². The van der Waals surface area contributed by atoms with E-state index in [-0.39, 0.29) is 34.7 Å². The van der Waals surface area contributed by atoms with Crippen molar-refractivity contribution >= 4 is 40.6 Å². The Morgan fingerprint density at radius 2 is 1.79 bits per heavy atom. The maximum Gasteiger partial charge on any atom is 0.251 e. The van der Waals surface area contributed by atoms with E-state index in [0.29, 0.717) is 47.5 Å². The summed E-state index contributed by atoms with van der Waals surface area (Å²) in [5, 5.41) is 11.6. The fraction of sp³-hybridized carbons (Fsp3) is 0.276. The van der Waals surface area contributed by atoms with Gasteiger partial charge >= 0.3 is 0 Å². The lowest BCUT2D eigenvalue weighted by molar-refractivity contribution is -0.122. The number of halogens is 2. The molecule has 2 aromatic carbocycles. The molecule has 0 radical (unpaired) electrons. The summed E-state index contributed by atoms with van der Waals surface area (Å²) >= 11 is 12.3. The monoisotopic (exact) mass is 563 g/mol. The highest BCUT2D eigenvalue weighted by molar-refractivity contribution is 6.31. The fourth-order valence-corrected chi connectivity index (χ4v) is 5.26. The van der Waals surface area contributed by atoms with Crippen LogP contribution in [-0.2, 0) is 16.0 Å². The van der Waals surface area contributed by atoms with E-state index in [1.165, 1.54) is 15.3 Å². The zero-order valence-electron chi connectivity index (χ0n) is 21.3. The number of aromatic nitrogens is 4. The first-order valence-corrected chi connectivity index (χ1v) is 13.6. The number of nitrogens with zero attached hydrogens (tertiary/aromatic N) is 4. The molecule has 1 aliphatic rings. The fourth-order valence-electron chi connectivity index (χ4n) is 4.96. The molecular formula is C29H27Cl2N5O3. The van der Waals surface area contributed by atoms with Crippen LogP contribution in [0, 0.1) is 5.92 Å². The van der Waals surface area contributed by atoms with E-state index in [2.05, 4.69) is 15.6 Å². The number of amides is 1. The van der Waals surface area contributed by atoms with Crippen molar-refractivity contribution in [2.75, 3.05) is 5.32 Å². The second-order valence-corrected chi connectivity index (χ2v) is 10.6. The number of anilines is 1. The number of nitrogens with one attached hydrogen (secondary N) is 1. The quantitative estimate of drug-likeness (QED) is 0.334. The van der Waals surface area contributed by atoms with Crippen molar-refractivity contribution in [2.24, 2.45) is 5.92 Å². The number of pyridine rings is 1. The van der Waals surface area contributed by atoms with Gasteiger partial charge in [-0.2, -0.15) is 0 Å². The summed E-state index contributed by atoms with van der Waals surface area (Å²) in [5.41, 5.74) is 3.28. The van der Waals surface area contributed by atoms with Gasteiger partial charge in [0, 0.05) is 40.9 Å². The van der Waals surface area contributed by atoms with Crippen LogP contribution < -0.4 is 10.9 Å². The molecule has 3 heterocycles. The zero-order valence-corrected chi connectivity index (χ0v) is 22.8. The molecule has 0 saturated heterocycles. The first-order valence-electron chi connectivity index (χ1n) is 12.8. The molecule has 4 aromatic rings. The van der Waals surface area contributed by atoms with Crippen LogP contribution in [0.1, 0.15) is 44.2 Å². The Balaban J connectivity index is 1.48. The number of carbonyl (C=O) groups excluding carboxylic acids is 2. The van der Waals surface area contributed by atoms with E-state index in [1.54, 1.807) is 36.7 Å². The maximum absolute atomic E-state index is 13.5. The maximum atomic E-state index is 13.5. The molecule has 0 spiro atoms. The highest BCUT2D eigenvalue weighted by atomic mass is 35.5. The Kier molecular flexibility index (Phi) is 7.95. The lowest BCUT2D eigenvalue weighted by Gasteiger charge is -2.22. The van der Waals surface area contributed by atoms with Crippen LogP contribution in [-0.4, -0.2) is 31.3 Å². The number of Topliss-reactive ketones (excluding diaryl/α,β-unsaturated/α-hetero) is 1. The number of para-hydroxylation sites is 1. The van der Waals surface area contributed by atoms with E-state index in [0.717, 1.165) is 11.3 Å². The summed E-state index contributed by atoms with van der Waals surface area (Å²) in [5.74, 6) is -0.280. The minimum absolute atomic E-state index is 0.0140. The van der Waals surface area contributed by atoms with Crippen LogP contribution in [0.15, 0.2) is 71.8 Å². The van der Waals surface area contributed by atoms with Crippen molar-refractivity contribution in [1.82, 2.24) is 19.6 Å². The molecule has 39 heavy (non-hydrogen) atoms. The third kappa shape index (κ3) is 5.97. The van der Waals surface area contributed by atoms with Gasteiger partial charge in [0.2, 0.25) is 5.91 Å². The number of ketones is 1. The summed E-state index contributed by atoms with van der Waals surface area (Å²) in [7, 11) is 0.